The maximum Gasteiger partial charge on any atom is 0.433 e. The maximum absolute atomic E-state index is 12.8. The number of anilines is 2. The molecule has 0 amide bonds. The lowest BCUT2D eigenvalue weighted by Crippen LogP contribution is -2.30. The van der Waals surface area contributed by atoms with Gasteiger partial charge in [0.15, 0.2) is 5.69 Å². The molecular weight excluding hydrogens is 303 g/mol. The number of nitrogens with one attached hydrogen (secondary N) is 2. The van der Waals surface area contributed by atoms with Crippen molar-refractivity contribution in [1.82, 2.24) is 9.97 Å². The summed E-state index contributed by atoms with van der Waals surface area (Å²) in [5.74, 6) is 5.00. The van der Waals surface area contributed by atoms with Crippen LogP contribution in [-0.2, 0) is 6.18 Å². The molecule has 1 heterocycles. The lowest BCUT2D eigenvalue weighted by atomic mass is 10.1. The quantitative estimate of drug-likeness (QED) is 0.572. The van der Waals surface area contributed by atoms with Crippen LogP contribution in [0.2, 0.25) is 0 Å². The molecule has 1 aromatic rings. The molecule has 4 N–H and O–H groups in total. The molecule has 1 aromatic heterocycles. The average Bonchev–Trinajstić information content (AvgIpc) is 2.93. The zero-order chi connectivity index (χ0) is 15.5. The fourth-order valence-electron chi connectivity index (χ4n) is 2.47. The van der Waals surface area contributed by atoms with Gasteiger partial charge in [0.2, 0.25) is 5.95 Å². The van der Waals surface area contributed by atoms with E-state index in [1.807, 2.05) is 6.26 Å². The van der Waals surface area contributed by atoms with Crippen LogP contribution < -0.4 is 16.6 Å². The molecule has 0 unspecified atom stereocenters. The van der Waals surface area contributed by atoms with E-state index in [0.29, 0.717) is 6.54 Å². The van der Waals surface area contributed by atoms with Gasteiger partial charge >= 0.3 is 6.18 Å². The van der Waals surface area contributed by atoms with Crippen molar-refractivity contribution < 1.29 is 13.2 Å². The summed E-state index contributed by atoms with van der Waals surface area (Å²) in [5.41, 5.74) is 1.05. The lowest BCUT2D eigenvalue weighted by Gasteiger charge is -2.27. The van der Waals surface area contributed by atoms with Gasteiger partial charge in [-0.25, -0.2) is 10.8 Å². The molecule has 0 aromatic carbocycles. The van der Waals surface area contributed by atoms with Crippen LogP contribution in [0.1, 0.15) is 31.4 Å². The minimum absolute atomic E-state index is 0.0691. The molecule has 5 nitrogen and oxygen atoms in total. The van der Waals surface area contributed by atoms with Gasteiger partial charge < -0.3 is 5.32 Å². The first kappa shape index (κ1) is 16.2. The summed E-state index contributed by atoms with van der Waals surface area (Å²) in [7, 11) is 0. The monoisotopic (exact) mass is 321 g/mol. The number of hydrazine groups is 1. The summed E-state index contributed by atoms with van der Waals surface area (Å²) in [6, 6.07) is 0.907. The van der Waals surface area contributed by atoms with Crippen LogP contribution in [0.15, 0.2) is 6.07 Å². The summed E-state index contributed by atoms with van der Waals surface area (Å²) < 4.78 is 38.4. The minimum Gasteiger partial charge on any atom is -0.368 e. The molecule has 1 aliphatic carbocycles. The first-order valence-corrected chi connectivity index (χ1v) is 7.83. The van der Waals surface area contributed by atoms with Crippen LogP contribution in [-0.4, -0.2) is 27.5 Å². The third kappa shape index (κ3) is 3.91. The van der Waals surface area contributed by atoms with E-state index in [9.17, 15) is 13.2 Å². The first-order valence-electron chi connectivity index (χ1n) is 6.60. The van der Waals surface area contributed by atoms with Gasteiger partial charge in [-0.3, -0.25) is 5.43 Å². The number of aromatic nitrogens is 2. The van der Waals surface area contributed by atoms with Gasteiger partial charge in [-0.2, -0.15) is 29.9 Å². The average molecular weight is 321 g/mol. The maximum atomic E-state index is 12.8. The molecule has 118 valence electrons. The molecule has 2 rings (SSSR count). The third-order valence-corrected chi connectivity index (χ3v) is 5.10. The van der Waals surface area contributed by atoms with Gasteiger partial charge in [0.05, 0.1) is 0 Å². The highest BCUT2D eigenvalue weighted by atomic mass is 32.2. The summed E-state index contributed by atoms with van der Waals surface area (Å²) >= 11 is 1.75. The molecule has 21 heavy (non-hydrogen) atoms. The Morgan fingerprint density at radius 2 is 2.00 bits per heavy atom. The summed E-state index contributed by atoms with van der Waals surface area (Å²) in [6.45, 7) is 0.576. The SMILES string of the molecule is CSC1(CNc2cc(C(F)(F)F)nc(NN)n2)CCCC1. The van der Waals surface area contributed by atoms with E-state index in [0.717, 1.165) is 31.7 Å². The van der Waals surface area contributed by atoms with E-state index >= 15 is 0 Å². The van der Waals surface area contributed by atoms with Crippen molar-refractivity contribution in [2.75, 3.05) is 23.5 Å². The number of hydrogen-bond acceptors (Lipinski definition) is 6. The molecule has 0 bridgehead atoms. The van der Waals surface area contributed by atoms with Crippen molar-refractivity contribution in [3.05, 3.63) is 11.8 Å². The highest BCUT2D eigenvalue weighted by Gasteiger charge is 2.35. The molecule has 1 fully saturated rings. The number of thioether (sulfide) groups is 1. The standard InChI is InChI=1S/C12H18F3N5S/c1-21-11(4-2-3-5-11)7-17-9-6-8(12(13,14)15)18-10(19-9)20-16/h6H,2-5,7,16H2,1H3,(H2,17,18,19,20). The largest absolute Gasteiger partial charge is 0.433 e. The number of rotatable bonds is 5. The van der Waals surface area contributed by atoms with Gasteiger partial charge in [0.25, 0.3) is 0 Å². The number of alkyl halides is 3. The highest BCUT2D eigenvalue weighted by molar-refractivity contribution is 8.00. The van der Waals surface area contributed by atoms with E-state index in [4.69, 9.17) is 5.84 Å². The Morgan fingerprint density at radius 1 is 1.33 bits per heavy atom. The second kappa shape index (κ2) is 6.27. The van der Waals surface area contributed by atoms with Crippen LogP contribution in [0.3, 0.4) is 0 Å². The van der Waals surface area contributed by atoms with Crippen LogP contribution in [0.25, 0.3) is 0 Å². The number of hydrogen-bond donors (Lipinski definition) is 3. The lowest BCUT2D eigenvalue weighted by molar-refractivity contribution is -0.141. The van der Waals surface area contributed by atoms with Gasteiger partial charge in [0, 0.05) is 17.4 Å². The van der Waals surface area contributed by atoms with E-state index in [-0.39, 0.29) is 16.5 Å². The summed E-state index contributed by atoms with van der Waals surface area (Å²) in [5, 5.41) is 3.00. The van der Waals surface area contributed by atoms with Crippen molar-refractivity contribution in [3.63, 3.8) is 0 Å². The smallest absolute Gasteiger partial charge is 0.368 e. The van der Waals surface area contributed by atoms with Crippen molar-refractivity contribution in [2.24, 2.45) is 5.84 Å². The van der Waals surface area contributed by atoms with Crippen LogP contribution in [0.5, 0.6) is 0 Å². The fraction of sp³-hybridized carbons (Fsp3) is 0.667. The molecule has 0 spiro atoms. The molecular formula is C12H18F3N5S. The second-order valence-corrected chi connectivity index (χ2v) is 6.33. The van der Waals surface area contributed by atoms with Crippen LogP contribution in [0.4, 0.5) is 24.9 Å². The molecule has 0 atom stereocenters. The molecule has 9 heteroatoms. The van der Waals surface area contributed by atoms with Crippen molar-refractivity contribution in [2.45, 2.75) is 36.6 Å². The Morgan fingerprint density at radius 3 is 2.52 bits per heavy atom. The molecule has 0 saturated heterocycles. The Bertz CT molecular complexity index is 488. The van der Waals surface area contributed by atoms with Crippen LogP contribution in [0, 0.1) is 0 Å². The number of halogens is 3. The fourth-order valence-corrected chi connectivity index (χ4v) is 3.39. The van der Waals surface area contributed by atoms with Crippen molar-refractivity contribution in [3.8, 4) is 0 Å². The van der Waals surface area contributed by atoms with E-state index < -0.39 is 11.9 Å². The zero-order valence-electron chi connectivity index (χ0n) is 11.6. The van der Waals surface area contributed by atoms with Gasteiger partial charge in [-0.15, -0.1) is 0 Å². The second-order valence-electron chi connectivity index (χ2n) is 5.05. The molecule has 0 aliphatic heterocycles. The zero-order valence-corrected chi connectivity index (χ0v) is 12.4. The first-order chi connectivity index (χ1) is 9.88. The Balaban J connectivity index is 2.15. The molecule has 0 radical (unpaired) electrons. The molecule has 1 saturated carbocycles. The Kier molecular flexibility index (Phi) is 4.82. The van der Waals surface area contributed by atoms with Crippen LogP contribution >= 0.6 is 11.8 Å². The normalized spacial score (nSPS) is 17.8. The predicted molar refractivity (Wildman–Crippen MR) is 78.0 cm³/mol. The minimum atomic E-state index is -4.53. The van der Waals surface area contributed by atoms with E-state index in [1.54, 1.807) is 11.8 Å². The van der Waals surface area contributed by atoms with Gasteiger partial charge in [0.1, 0.15) is 5.82 Å². The van der Waals surface area contributed by atoms with Gasteiger partial charge in [-0.1, -0.05) is 12.8 Å². The topological polar surface area (TPSA) is 75.9 Å². The highest BCUT2D eigenvalue weighted by Crippen LogP contribution is 2.40. The van der Waals surface area contributed by atoms with Crippen molar-refractivity contribution >= 4 is 23.5 Å². The number of nitrogens with two attached hydrogens (primary N) is 1. The Hall–Kier alpha value is -1.22. The van der Waals surface area contributed by atoms with E-state index in [2.05, 4.69) is 20.7 Å². The van der Waals surface area contributed by atoms with Crippen molar-refractivity contribution in [1.29, 1.82) is 0 Å². The summed E-state index contributed by atoms with van der Waals surface area (Å²) in [6.07, 6.45) is 1.91. The van der Waals surface area contributed by atoms with E-state index in [1.165, 1.54) is 0 Å². The van der Waals surface area contributed by atoms with Gasteiger partial charge in [-0.05, 0) is 19.1 Å². The number of nitrogen functional groups attached to an aromatic ring is 1. The number of nitrogens with zero attached hydrogens (tertiary/aromatic N) is 2. The Labute approximate surface area is 125 Å². The predicted octanol–water partition coefficient (Wildman–Crippen LogP) is 2.87. The summed E-state index contributed by atoms with van der Waals surface area (Å²) in [4.78, 5) is 7.25. The third-order valence-electron chi connectivity index (χ3n) is 3.69. The molecule has 1 aliphatic rings.